The van der Waals surface area contributed by atoms with Crippen molar-refractivity contribution in [3.63, 3.8) is 0 Å². The topological polar surface area (TPSA) is 53.9 Å². The van der Waals surface area contributed by atoms with Gasteiger partial charge >= 0.3 is 0 Å². The van der Waals surface area contributed by atoms with Crippen molar-refractivity contribution in [2.24, 2.45) is 45.9 Å². The number of benzene rings is 1. The van der Waals surface area contributed by atoms with E-state index in [1.54, 1.807) is 7.11 Å². The molecule has 0 bridgehead atoms. The summed E-state index contributed by atoms with van der Waals surface area (Å²) in [5, 5.41) is 14.9. The van der Waals surface area contributed by atoms with Crippen LogP contribution >= 0.6 is 0 Å². The van der Waals surface area contributed by atoms with Gasteiger partial charge in [-0.2, -0.15) is 0 Å². The Morgan fingerprint density at radius 3 is 2.74 bits per heavy atom. The number of methoxy groups -OCH3 is 1. The van der Waals surface area contributed by atoms with Gasteiger partial charge in [-0.1, -0.05) is 19.1 Å². The fourth-order valence-corrected chi connectivity index (χ4v) is 9.48. The summed E-state index contributed by atoms with van der Waals surface area (Å²) < 4.78 is 5.37. The Hall–Kier alpha value is -1.39. The zero-order valence-electron chi connectivity index (χ0n) is 21.6. The summed E-state index contributed by atoms with van der Waals surface area (Å²) in [7, 11) is 1.73. The standard InChI is InChI=1S/C30H46N2O2/c1-20(32-23-7-5-6-21(16-23)18-31-3)27-10-11-28-26-9-8-22-17-30(33,19-34-4)15-13-24(22)25(26)12-14-29(27,28)2/h5-7,16,20,22,24-28,32-33H,3,8-15,17-19H2,1-2,4H3/t20-,22-,24+,25-,26-,27-,28+,29-,30-/m1/s1. The Balaban J connectivity index is 1.26. The number of ether oxygens (including phenoxy) is 1. The third kappa shape index (κ3) is 4.34. The zero-order valence-corrected chi connectivity index (χ0v) is 21.6. The Kier molecular flexibility index (Phi) is 6.85. The largest absolute Gasteiger partial charge is 0.387 e. The summed E-state index contributed by atoms with van der Waals surface area (Å²) >= 11 is 0. The SMILES string of the molecule is C=NCc1cccc(N[C@H](C)[C@H]2CC[C@H]3[C@@H]4CC[C@@H]5C[C@@](O)(COC)CC[C@@H]5[C@H]4CC[C@]23C)c1. The van der Waals surface area contributed by atoms with E-state index in [0.717, 1.165) is 42.4 Å². The molecular formula is C30H46N2O2. The summed E-state index contributed by atoms with van der Waals surface area (Å²) in [6.07, 6.45) is 11.3. The minimum atomic E-state index is -0.579. The van der Waals surface area contributed by atoms with Gasteiger partial charge in [0, 0.05) is 18.8 Å². The molecule has 0 amide bonds. The summed E-state index contributed by atoms with van der Waals surface area (Å²) in [5.41, 5.74) is 2.32. The monoisotopic (exact) mass is 466 g/mol. The predicted octanol–water partition coefficient (Wildman–Crippen LogP) is 6.33. The van der Waals surface area contributed by atoms with Gasteiger partial charge in [-0.3, -0.25) is 4.99 Å². The first-order chi connectivity index (χ1) is 16.4. The number of nitrogens with zero attached hydrogens (tertiary/aromatic N) is 1. The molecule has 2 N–H and O–H groups in total. The van der Waals surface area contributed by atoms with Crippen molar-refractivity contribution >= 4 is 12.4 Å². The molecule has 0 unspecified atom stereocenters. The predicted molar refractivity (Wildman–Crippen MR) is 140 cm³/mol. The quantitative estimate of drug-likeness (QED) is 0.461. The van der Waals surface area contributed by atoms with Crippen molar-refractivity contribution in [2.75, 3.05) is 19.0 Å². The van der Waals surface area contributed by atoms with Crippen molar-refractivity contribution < 1.29 is 9.84 Å². The molecule has 4 heteroatoms. The Bertz CT molecular complexity index is 873. The third-order valence-corrected chi connectivity index (χ3v) is 10.8. The lowest BCUT2D eigenvalue weighted by molar-refractivity contribution is -0.124. The lowest BCUT2D eigenvalue weighted by Crippen LogP contribution is -2.52. The van der Waals surface area contributed by atoms with Crippen LogP contribution in [-0.4, -0.2) is 37.2 Å². The van der Waals surface area contributed by atoms with E-state index in [4.69, 9.17) is 4.74 Å². The molecule has 0 heterocycles. The molecule has 9 atom stereocenters. The average molecular weight is 467 g/mol. The molecule has 0 saturated heterocycles. The van der Waals surface area contributed by atoms with Crippen LogP contribution in [0.1, 0.15) is 77.2 Å². The van der Waals surface area contributed by atoms with Crippen LogP contribution in [0, 0.1) is 40.9 Å². The van der Waals surface area contributed by atoms with Gasteiger partial charge in [0.05, 0.1) is 18.8 Å². The highest BCUT2D eigenvalue weighted by molar-refractivity contribution is 5.47. The van der Waals surface area contributed by atoms with Gasteiger partial charge in [-0.05, 0) is 130 Å². The second kappa shape index (κ2) is 9.58. The third-order valence-electron chi connectivity index (χ3n) is 10.8. The van der Waals surface area contributed by atoms with Gasteiger partial charge in [0.2, 0.25) is 0 Å². The van der Waals surface area contributed by atoms with E-state index in [0.29, 0.717) is 30.5 Å². The minimum absolute atomic E-state index is 0.451. The van der Waals surface area contributed by atoms with E-state index < -0.39 is 5.60 Å². The van der Waals surface area contributed by atoms with Gasteiger partial charge < -0.3 is 15.2 Å². The molecule has 1 aromatic rings. The van der Waals surface area contributed by atoms with E-state index in [2.05, 4.69) is 55.1 Å². The van der Waals surface area contributed by atoms with Crippen molar-refractivity contribution in [3.05, 3.63) is 29.8 Å². The minimum Gasteiger partial charge on any atom is -0.387 e. The second-order valence-corrected chi connectivity index (χ2v) is 12.6. The molecular weight excluding hydrogens is 420 g/mol. The first-order valence-corrected chi connectivity index (χ1v) is 13.9. The van der Waals surface area contributed by atoms with Crippen LogP contribution in [0.5, 0.6) is 0 Å². The van der Waals surface area contributed by atoms with Crippen LogP contribution in [0.3, 0.4) is 0 Å². The van der Waals surface area contributed by atoms with E-state index >= 15 is 0 Å². The van der Waals surface area contributed by atoms with Crippen LogP contribution in [0.15, 0.2) is 29.3 Å². The Morgan fingerprint density at radius 2 is 1.94 bits per heavy atom. The lowest BCUT2D eigenvalue weighted by Gasteiger charge is -2.57. The highest BCUT2D eigenvalue weighted by atomic mass is 16.5. The van der Waals surface area contributed by atoms with Gasteiger partial charge in [-0.25, -0.2) is 0 Å². The number of fused-ring (bicyclic) bond motifs is 5. The Morgan fingerprint density at radius 1 is 1.12 bits per heavy atom. The number of hydrogen-bond acceptors (Lipinski definition) is 4. The van der Waals surface area contributed by atoms with Crippen LogP contribution in [0.25, 0.3) is 0 Å². The Labute approximate surface area is 207 Å². The molecule has 4 aliphatic carbocycles. The normalized spacial score (nSPS) is 42.2. The van der Waals surface area contributed by atoms with Gasteiger partial charge in [-0.15, -0.1) is 0 Å². The summed E-state index contributed by atoms with van der Waals surface area (Å²) in [6, 6.07) is 9.19. The van der Waals surface area contributed by atoms with E-state index in [9.17, 15) is 5.11 Å². The van der Waals surface area contributed by atoms with Crippen molar-refractivity contribution in [2.45, 2.75) is 89.8 Å². The zero-order chi connectivity index (χ0) is 23.9. The number of aliphatic imine (C=N–C) groups is 1. The summed E-state index contributed by atoms with van der Waals surface area (Å²) in [4.78, 5) is 4.05. The molecule has 0 radical (unpaired) electrons. The number of nitrogens with one attached hydrogen (secondary N) is 1. The van der Waals surface area contributed by atoms with Crippen LogP contribution in [0.4, 0.5) is 5.69 Å². The van der Waals surface area contributed by atoms with Crippen molar-refractivity contribution in [1.29, 1.82) is 0 Å². The maximum Gasteiger partial charge on any atom is 0.0882 e. The molecule has 5 rings (SSSR count). The van der Waals surface area contributed by atoms with E-state index in [1.165, 1.54) is 56.2 Å². The van der Waals surface area contributed by atoms with Gasteiger partial charge in [0.1, 0.15) is 0 Å². The second-order valence-electron chi connectivity index (χ2n) is 12.6. The number of anilines is 1. The molecule has 4 nitrogen and oxygen atoms in total. The molecule has 4 aliphatic rings. The van der Waals surface area contributed by atoms with E-state index in [1.807, 2.05) is 0 Å². The first kappa shape index (κ1) is 24.3. The molecule has 0 spiro atoms. The summed E-state index contributed by atoms with van der Waals surface area (Å²) in [6.45, 7) is 9.88. The molecule has 0 aliphatic heterocycles. The highest BCUT2D eigenvalue weighted by Gasteiger charge is 2.58. The lowest BCUT2D eigenvalue weighted by atomic mass is 9.48. The number of hydrogen-bond donors (Lipinski definition) is 2. The van der Waals surface area contributed by atoms with Crippen LogP contribution in [0.2, 0.25) is 0 Å². The molecule has 0 aromatic heterocycles. The van der Waals surface area contributed by atoms with E-state index in [-0.39, 0.29) is 0 Å². The maximum absolute atomic E-state index is 11.0. The molecule has 34 heavy (non-hydrogen) atoms. The summed E-state index contributed by atoms with van der Waals surface area (Å²) in [5.74, 6) is 4.92. The fourth-order valence-electron chi connectivity index (χ4n) is 9.48. The molecule has 1 aromatic carbocycles. The van der Waals surface area contributed by atoms with Gasteiger partial charge in [0.25, 0.3) is 0 Å². The fraction of sp³-hybridized carbons (Fsp3) is 0.767. The highest BCUT2D eigenvalue weighted by Crippen LogP contribution is 2.65. The van der Waals surface area contributed by atoms with Crippen LogP contribution < -0.4 is 5.32 Å². The maximum atomic E-state index is 11.0. The first-order valence-electron chi connectivity index (χ1n) is 13.9. The van der Waals surface area contributed by atoms with Crippen molar-refractivity contribution in [3.8, 4) is 0 Å². The average Bonchev–Trinajstić information content (AvgIpc) is 3.16. The molecule has 4 saturated carbocycles. The molecule has 188 valence electrons. The molecule has 4 fully saturated rings. The van der Waals surface area contributed by atoms with Gasteiger partial charge in [0.15, 0.2) is 0 Å². The number of rotatable bonds is 7. The number of aliphatic hydroxyl groups is 1. The van der Waals surface area contributed by atoms with Crippen molar-refractivity contribution in [1.82, 2.24) is 0 Å². The van der Waals surface area contributed by atoms with Crippen LogP contribution in [-0.2, 0) is 11.3 Å². The smallest absolute Gasteiger partial charge is 0.0882 e.